The summed E-state index contributed by atoms with van der Waals surface area (Å²) < 4.78 is 8.38. The molecule has 0 bridgehead atoms. The van der Waals surface area contributed by atoms with E-state index in [4.69, 9.17) is 11.3 Å². The van der Waals surface area contributed by atoms with Gasteiger partial charge in [0.2, 0.25) is 0 Å². The second-order valence-corrected chi connectivity index (χ2v) is 12.4. The molecule has 0 amide bonds. The van der Waals surface area contributed by atoms with Gasteiger partial charge in [-0.2, -0.15) is 4.68 Å². The first-order valence-corrected chi connectivity index (χ1v) is 11.0. The Kier molecular flexibility index (Phi) is 4.63. The summed E-state index contributed by atoms with van der Waals surface area (Å²) >= 11 is 3.48. The summed E-state index contributed by atoms with van der Waals surface area (Å²) in [7, 11) is -1.07. The van der Waals surface area contributed by atoms with Gasteiger partial charge >= 0.3 is 5.82 Å². The number of ether oxygens (including phenoxy) is 1. The van der Waals surface area contributed by atoms with Gasteiger partial charge in [0.1, 0.15) is 0 Å². The lowest BCUT2D eigenvalue weighted by Gasteiger charge is -2.14. The van der Waals surface area contributed by atoms with Gasteiger partial charge < -0.3 is 9.58 Å². The summed E-state index contributed by atoms with van der Waals surface area (Å²) in [6.07, 6.45) is 0. The van der Waals surface area contributed by atoms with Gasteiger partial charge in [-0.15, -0.1) is 0 Å². The maximum atomic E-state index is 7.22. The van der Waals surface area contributed by atoms with E-state index in [-0.39, 0.29) is 0 Å². The van der Waals surface area contributed by atoms with E-state index in [1.165, 1.54) is 0 Å². The van der Waals surface area contributed by atoms with Gasteiger partial charge in [0, 0.05) is 24.5 Å². The Balaban J connectivity index is 2.15. The standard InChI is InChI=1S/C14H18BrN3OSi/c1-16-14-13-11(15)6-5-7-12(13)18(17-14)10-19-8-9-20(2,3)4/h5-7H,8-10H2,2-4H3. The molecule has 1 aromatic heterocycles. The molecule has 0 saturated heterocycles. The molecular weight excluding hydrogens is 334 g/mol. The molecule has 0 aliphatic heterocycles. The zero-order valence-corrected chi connectivity index (χ0v) is 14.6. The van der Waals surface area contributed by atoms with Crippen LogP contribution in [0.1, 0.15) is 0 Å². The second kappa shape index (κ2) is 6.08. The Bertz CT molecular complexity index is 655. The van der Waals surface area contributed by atoms with Gasteiger partial charge in [-0.3, -0.25) is 0 Å². The average molecular weight is 352 g/mol. The molecule has 4 nitrogen and oxygen atoms in total. The molecule has 0 spiro atoms. The molecule has 2 aromatic rings. The number of hydrogen-bond acceptors (Lipinski definition) is 2. The molecule has 1 aromatic carbocycles. The zero-order chi connectivity index (χ0) is 14.8. The third-order valence-electron chi connectivity index (χ3n) is 3.02. The van der Waals surface area contributed by atoms with Crippen LogP contribution in [-0.4, -0.2) is 24.5 Å². The van der Waals surface area contributed by atoms with E-state index in [1.54, 1.807) is 4.68 Å². The predicted molar refractivity (Wildman–Crippen MR) is 87.8 cm³/mol. The molecule has 0 fully saturated rings. The van der Waals surface area contributed by atoms with Crippen molar-refractivity contribution in [3.63, 3.8) is 0 Å². The highest BCUT2D eigenvalue weighted by molar-refractivity contribution is 9.10. The molecule has 0 saturated carbocycles. The molecule has 0 unspecified atom stereocenters. The monoisotopic (exact) mass is 351 g/mol. The van der Waals surface area contributed by atoms with Crippen LogP contribution >= 0.6 is 15.9 Å². The number of halogens is 1. The zero-order valence-electron chi connectivity index (χ0n) is 12.0. The van der Waals surface area contributed by atoms with Crippen LogP contribution in [0.3, 0.4) is 0 Å². The normalized spacial score (nSPS) is 11.8. The number of rotatable bonds is 5. The summed E-state index contributed by atoms with van der Waals surface area (Å²) in [4.78, 5) is 3.49. The van der Waals surface area contributed by atoms with Crippen molar-refractivity contribution in [2.45, 2.75) is 32.4 Å². The number of fused-ring (bicyclic) bond motifs is 1. The molecule has 6 heteroatoms. The Morgan fingerprint density at radius 3 is 2.80 bits per heavy atom. The number of benzene rings is 1. The third-order valence-corrected chi connectivity index (χ3v) is 5.39. The van der Waals surface area contributed by atoms with Gasteiger partial charge in [-0.05, 0) is 23.3 Å². The fraction of sp³-hybridized carbons (Fsp3) is 0.429. The lowest BCUT2D eigenvalue weighted by Crippen LogP contribution is -2.22. The first-order valence-electron chi connectivity index (χ1n) is 6.52. The lowest BCUT2D eigenvalue weighted by molar-refractivity contribution is 0.0819. The molecule has 0 aliphatic carbocycles. The third kappa shape index (κ3) is 3.48. The van der Waals surface area contributed by atoms with Gasteiger partial charge in [0.15, 0.2) is 6.73 Å². The van der Waals surface area contributed by atoms with Gasteiger partial charge in [0.05, 0.1) is 5.52 Å². The Hall–Kier alpha value is -1.16. The molecule has 0 N–H and O–H groups in total. The van der Waals surface area contributed by atoms with Crippen molar-refractivity contribution in [2.24, 2.45) is 0 Å². The summed E-state index contributed by atoms with van der Waals surface area (Å²) in [5.41, 5.74) is 0.929. The minimum atomic E-state index is -1.07. The molecule has 0 aliphatic rings. The highest BCUT2D eigenvalue weighted by Crippen LogP contribution is 2.32. The van der Waals surface area contributed by atoms with E-state index in [0.29, 0.717) is 12.5 Å². The van der Waals surface area contributed by atoms with Crippen LogP contribution in [0, 0.1) is 6.57 Å². The lowest BCUT2D eigenvalue weighted by atomic mass is 10.2. The van der Waals surface area contributed by atoms with Crippen molar-refractivity contribution in [2.75, 3.05) is 6.61 Å². The van der Waals surface area contributed by atoms with Crippen molar-refractivity contribution in [1.29, 1.82) is 0 Å². The molecule has 1 heterocycles. The van der Waals surface area contributed by atoms with Crippen LogP contribution < -0.4 is 0 Å². The summed E-state index contributed by atoms with van der Waals surface area (Å²) in [6, 6.07) is 6.96. The Morgan fingerprint density at radius 1 is 1.40 bits per heavy atom. The highest BCUT2D eigenvalue weighted by atomic mass is 79.9. The summed E-state index contributed by atoms with van der Waals surface area (Å²) in [6.45, 7) is 15.3. The molecular formula is C14H18BrN3OSi. The quantitative estimate of drug-likeness (QED) is 0.445. The van der Waals surface area contributed by atoms with Crippen molar-refractivity contribution < 1.29 is 4.74 Å². The maximum absolute atomic E-state index is 7.22. The van der Waals surface area contributed by atoms with Crippen LogP contribution in [0.2, 0.25) is 25.7 Å². The van der Waals surface area contributed by atoms with Crippen LogP contribution in [-0.2, 0) is 11.5 Å². The van der Waals surface area contributed by atoms with E-state index >= 15 is 0 Å². The predicted octanol–water partition coefficient (Wildman–Crippen LogP) is 4.66. The fourth-order valence-corrected chi connectivity index (χ4v) is 3.16. The van der Waals surface area contributed by atoms with Gasteiger partial charge in [-0.25, -0.2) is 0 Å². The largest absolute Gasteiger partial charge is 0.358 e. The van der Waals surface area contributed by atoms with Gasteiger partial charge in [-0.1, -0.05) is 48.2 Å². The van der Waals surface area contributed by atoms with E-state index in [9.17, 15) is 0 Å². The van der Waals surface area contributed by atoms with E-state index in [1.807, 2.05) is 18.2 Å². The number of aromatic nitrogens is 2. The molecule has 106 valence electrons. The minimum absolute atomic E-state index is 0.396. The highest BCUT2D eigenvalue weighted by Gasteiger charge is 2.16. The van der Waals surface area contributed by atoms with Crippen molar-refractivity contribution in [3.05, 3.63) is 34.1 Å². The van der Waals surface area contributed by atoms with Gasteiger partial charge in [0.25, 0.3) is 0 Å². The Labute approximate surface area is 128 Å². The minimum Gasteiger partial charge on any atom is -0.358 e. The van der Waals surface area contributed by atoms with Crippen LogP contribution in [0.25, 0.3) is 15.7 Å². The Morgan fingerprint density at radius 2 is 2.15 bits per heavy atom. The maximum Gasteiger partial charge on any atom is 0.304 e. The van der Waals surface area contributed by atoms with Crippen LogP contribution in [0.15, 0.2) is 22.7 Å². The van der Waals surface area contributed by atoms with Crippen LogP contribution in [0.5, 0.6) is 0 Å². The first kappa shape index (κ1) is 15.2. The van der Waals surface area contributed by atoms with E-state index in [0.717, 1.165) is 28.0 Å². The molecule has 2 rings (SSSR count). The summed E-state index contributed by atoms with van der Waals surface area (Å²) in [5.74, 6) is 0.418. The van der Waals surface area contributed by atoms with Crippen molar-refractivity contribution in [3.8, 4) is 0 Å². The summed E-state index contributed by atoms with van der Waals surface area (Å²) in [5, 5.41) is 5.18. The average Bonchev–Trinajstić information content (AvgIpc) is 2.73. The SMILES string of the molecule is [C-]#[N+]c1nn(COCC[Si](C)(C)C)c2cccc(Br)c12. The number of hydrogen-bond donors (Lipinski definition) is 0. The molecule has 0 radical (unpaired) electrons. The smallest absolute Gasteiger partial charge is 0.304 e. The van der Waals surface area contributed by atoms with Crippen molar-refractivity contribution in [1.82, 2.24) is 9.78 Å². The molecule has 20 heavy (non-hydrogen) atoms. The second-order valence-electron chi connectivity index (χ2n) is 5.92. The fourth-order valence-electron chi connectivity index (χ4n) is 1.87. The number of nitrogens with zero attached hydrogens (tertiary/aromatic N) is 3. The molecule has 0 atom stereocenters. The first-order chi connectivity index (χ1) is 9.42. The van der Waals surface area contributed by atoms with E-state index < -0.39 is 8.07 Å². The van der Waals surface area contributed by atoms with Crippen molar-refractivity contribution >= 4 is 40.7 Å². The van der Waals surface area contributed by atoms with E-state index in [2.05, 4.69) is 45.5 Å². The topological polar surface area (TPSA) is 31.4 Å². The van der Waals surface area contributed by atoms with Crippen LogP contribution in [0.4, 0.5) is 5.82 Å².